The van der Waals surface area contributed by atoms with E-state index in [-0.39, 0.29) is 0 Å². The van der Waals surface area contributed by atoms with Gasteiger partial charge >= 0.3 is 0 Å². The van der Waals surface area contributed by atoms with Gasteiger partial charge in [0.25, 0.3) is 0 Å². The Bertz CT molecular complexity index is 351. The molecular weight excluding hydrogens is 224 g/mol. The predicted octanol–water partition coefficient (Wildman–Crippen LogP) is 1.68. The first kappa shape index (κ1) is 11.7. The lowest BCUT2D eigenvalue weighted by molar-refractivity contribution is 0.122. The van der Waals surface area contributed by atoms with E-state index in [1.165, 1.54) is 5.56 Å². The zero-order chi connectivity index (χ0) is 11.4. The molecule has 0 aliphatic carbocycles. The molecule has 88 valence electrons. The molecule has 1 aliphatic heterocycles. The monoisotopic (exact) mass is 240 g/mol. The summed E-state index contributed by atoms with van der Waals surface area (Å²) in [5.41, 5.74) is 7.99. The first-order chi connectivity index (χ1) is 7.83. The molecule has 3 nitrogen and oxygen atoms in total. The molecule has 0 radical (unpaired) electrons. The number of morpholine rings is 1. The van der Waals surface area contributed by atoms with E-state index in [1.54, 1.807) is 0 Å². The summed E-state index contributed by atoms with van der Waals surface area (Å²) in [6.07, 6.45) is 0.868. The second-order valence-corrected chi connectivity index (χ2v) is 4.29. The smallest absolute Gasteiger partial charge is 0.0642 e. The maximum absolute atomic E-state index is 6.28. The van der Waals surface area contributed by atoms with Crippen LogP contribution in [0.1, 0.15) is 5.56 Å². The van der Waals surface area contributed by atoms with Crippen LogP contribution in [0.5, 0.6) is 0 Å². The average Bonchev–Trinajstić information content (AvgIpc) is 2.31. The summed E-state index contributed by atoms with van der Waals surface area (Å²) in [7, 11) is 0. The normalized spacial score (nSPS) is 16.5. The first-order valence-electron chi connectivity index (χ1n) is 5.63. The van der Waals surface area contributed by atoms with E-state index < -0.39 is 0 Å². The van der Waals surface area contributed by atoms with Crippen LogP contribution >= 0.6 is 11.6 Å². The van der Waals surface area contributed by atoms with E-state index in [0.717, 1.165) is 43.4 Å². The average molecular weight is 241 g/mol. The lowest BCUT2D eigenvalue weighted by Gasteiger charge is -2.31. The summed E-state index contributed by atoms with van der Waals surface area (Å²) in [6.45, 7) is 4.00. The zero-order valence-corrected chi connectivity index (χ0v) is 10.0. The fraction of sp³-hybridized carbons (Fsp3) is 0.500. The molecular formula is C12H17ClN2O. The van der Waals surface area contributed by atoms with Crippen molar-refractivity contribution in [2.75, 3.05) is 37.7 Å². The number of halogens is 1. The highest BCUT2D eigenvalue weighted by atomic mass is 35.5. The van der Waals surface area contributed by atoms with Crippen LogP contribution in [0.2, 0.25) is 5.02 Å². The molecule has 1 aromatic rings. The SMILES string of the molecule is NCCc1cccc(Cl)c1N1CCOCC1. The third-order valence-electron chi connectivity index (χ3n) is 2.81. The molecule has 0 amide bonds. The van der Waals surface area contributed by atoms with Crippen molar-refractivity contribution in [1.29, 1.82) is 0 Å². The molecule has 4 heteroatoms. The molecule has 0 unspecified atom stereocenters. The summed E-state index contributed by atoms with van der Waals surface area (Å²) in [5.74, 6) is 0. The second kappa shape index (κ2) is 5.53. The van der Waals surface area contributed by atoms with Crippen LogP contribution in [-0.2, 0) is 11.2 Å². The highest BCUT2D eigenvalue weighted by molar-refractivity contribution is 6.33. The Hall–Kier alpha value is -0.770. The summed E-state index contributed by atoms with van der Waals surface area (Å²) < 4.78 is 5.35. The third-order valence-corrected chi connectivity index (χ3v) is 3.12. The Labute approximate surface area is 101 Å². The van der Waals surface area contributed by atoms with Gasteiger partial charge in [0.1, 0.15) is 0 Å². The zero-order valence-electron chi connectivity index (χ0n) is 9.29. The largest absolute Gasteiger partial charge is 0.378 e. The van der Waals surface area contributed by atoms with E-state index in [4.69, 9.17) is 22.1 Å². The number of hydrogen-bond donors (Lipinski definition) is 1. The van der Waals surface area contributed by atoms with Gasteiger partial charge in [0.05, 0.1) is 23.9 Å². The fourth-order valence-electron chi connectivity index (χ4n) is 2.06. The topological polar surface area (TPSA) is 38.5 Å². The van der Waals surface area contributed by atoms with Gasteiger partial charge in [-0.3, -0.25) is 0 Å². The Morgan fingerprint density at radius 1 is 1.31 bits per heavy atom. The number of rotatable bonds is 3. The lowest BCUT2D eigenvalue weighted by Crippen LogP contribution is -2.37. The third kappa shape index (κ3) is 2.48. The Morgan fingerprint density at radius 2 is 2.06 bits per heavy atom. The number of para-hydroxylation sites is 1. The van der Waals surface area contributed by atoms with Crippen LogP contribution in [0.15, 0.2) is 18.2 Å². The Morgan fingerprint density at radius 3 is 2.75 bits per heavy atom. The quantitative estimate of drug-likeness (QED) is 0.874. The van der Waals surface area contributed by atoms with E-state index in [0.29, 0.717) is 6.54 Å². The Balaban J connectivity index is 2.28. The van der Waals surface area contributed by atoms with Crippen LogP contribution in [0.25, 0.3) is 0 Å². The number of anilines is 1. The van der Waals surface area contributed by atoms with Crippen molar-refractivity contribution in [2.45, 2.75) is 6.42 Å². The van der Waals surface area contributed by atoms with Crippen LogP contribution in [0.4, 0.5) is 5.69 Å². The molecule has 1 aliphatic rings. The molecule has 2 rings (SSSR count). The molecule has 1 saturated heterocycles. The fourth-order valence-corrected chi connectivity index (χ4v) is 2.37. The van der Waals surface area contributed by atoms with Gasteiger partial charge in [-0.25, -0.2) is 0 Å². The van der Waals surface area contributed by atoms with Gasteiger partial charge < -0.3 is 15.4 Å². The van der Waals surface area contributed by atoms with E-state index in [2.05, 4.69) is 11.0 Å². The molecule has 2 N–H and O–H groups in total. The summed E-state index contributed by atoms with van der Waals surface area (Å²) in [6, 6.07) is 6.02. The lowest BCUT2D eigenvalue weighted by atomic mass is 10.1. The molecule has 0 atom stereocenters. The predicted molar refractivity (Wildman–Crippen MR) is 67.2 cm³/mol. The van der Waals surface area contributed by atoms with Gasteiger partial charge in [-0.15, -0.1) is 0 Å². The molecule has 0 saturated carbocycles. The molecule has 16 heavy (non-hydrogen) atoms. The van der Waals surface area contributed by atoms with Gasteiger partial charge in [-0.2, -0.15) is 0 Å². The first-order valence-corrected chi connectivity index (χ1v) is 6.01. The maximum Gasteiger partial charge on any atom is 0.0642 e. The van der Waals surface area contributed by atoms with Gasteiger partial charge in [-0.05, 0) is 24.6 Å². The van der Waals surface area contributed by atoms with Crippen molar-refractivity contribution in [3.63, 3.8) is 0 Å². The molecule has 0 spiro atoms. The molecule has 0 bridgehead atoms. The van der Waals surface area contributed by atoms with Gasteiger partial charge in [0, 0.05) is 13.1 Å². The van der Waals surface area contributed by atoms with Crippen LogP contribution in [0, 0.1) is 0 Å². The summed E-state index contributed by atoms with van der Waals surface area (Å²) in [4.78, 5) is 2.29. The molecule has 1 heterocycles. The number of nitrogens with zero attached hydrogens (tertiary/aromatic N) is 1. The number of benzene rings is 1. The summed E-state index contributed by atoms with van der Waals surface area (Å²) >= 11 is 6.28. The highest BCUT2D eigenvalue weighted by Crippen LogP contribution is 2.30. The van der Waals surface area contributed by atoms with Gasteiger partial charge in [-0.1, -0.05) is 23.7 Å². The highest BCUT2D eigenvalue weighted by Gasteiger charge is 2.17. The molecule has 1 fully saturated rings. The van der Waals surface area contributed by atoms with E-state index in [9.17, 15) is 0 Å². The minimum absolute atomic E-state index is 0.650. The van der Waals surface area contributed by atoms with Crippen molar-refractivity contribution in [2.24, 2.45) is 5.73 Å². The number of ether oxygens (including phenoxy) is 1. The number of hydrogen-bond acceptors (Lipinski definition) is 3. The minimum atomic E-state index is 0.650. The number of nitrogens with two attached hydrogens (primary N) is 1. The van der Waals surface area contributed by atoms with Crippen molar-refractivity contribution in [3.8, 4) is 0 Å². The maximum atomic E-state index is 6.28. The van der Waals surface area contributed by atoms with Crippen molar-refractivity contribution < 1.29 is 4.74 Å². The standard InChI is InChI=1S/C12H17ClN2O/c13-11-3-1-2-10(4-5-14)12(11)15-6-8-16-9-7-15/h1-3H,4-9,14H2. The van der Waals surface area contributed by atoms with E-state index in [1.807, 2.05) is 12.1 Å². The minimum Gasteiger partial charge on any atom is -0.378 e. The van der Waals surface area contributed by atoms with Crippen LogP contribution in [0.3, 0.4) is 0 Å². The van der Waals surface area contributed by atoms with Crippen molar-refractivity contribution in [1.82, 2.24) is 0 Å². The second-order valence-electron chi connectivity index (χ2n) is 3.89. The summed E-state index contributed by atoms with van der Waals surface area (Å²) in [5, 5.41) is 0.813. The van der Waals surface area contributed by atoms with Crippen LogP contribution < -0.4 is 10.6 Å². The van der Waals surface area contributed by atoms with Gasteiger partial charge in [0.2, 0.25) is 0 Å². The van der Waals surface area contributed by atoms with Crippen molar-refractivity contribution in [3.05, 3.63) is 28.8 Å². The van der Waals surface area contributed by atoms with Crippen LogP contribution in [-0.4, -0.2) is 32.8 Å². The van der Waals surface area contributed by atoms with E-state index >= 15 is 0 Å². The molecule has 1 aromatic carbocycles. The van der Waals surface area contributed by atoms with Crippen molar-refractivity contribution >= 4 is 17.3 Å². The molecule has 0 aromatic heterocycles. The Kier molecular flexibility index (Phi) is 4.04. The van der Waals surface area contributed by atoms with Gasteiger partial charge in [0.15, 0.2) is 0 Å².